The van der Waals surface area contributed by atoms with E-state index < -0.39 is 0 Å². The van der Waals surface area contributed by atoms with E-state index in [0.29, 0.717) is 13.0 Å². The van der Waals surface area contributed by atoms with Gasteiger partial charge < -0.3 is 58.9 Å². The van der Waals surface area contributed by atoms with Crippen molar-refractivity contribution in [2.24, 2.45) is 0 Å². The molecule has 0 aromatic heterocycles. The summed E-state index contributed by atoms with van der Waals surface area (Å²) in [6.07, 6.45) is 0.495. The first kappa shape index (κ1) is 33.5. The Morgan fingerprint density at radius 1 is 1.03 bits per heavy atom. The van der Waals surface area contributed by atoms with Crippen LogP contribution in [-0.2, 0) is 19.5 Å². The van der Waals surface area contributed by atoms with Gasteiger partial charge in [-0.2, -0.15) is 5.26 Å². The molecule has 2 aliphatic rings. The summed E-state index contributed by atoms with van der Waals surface area (Å²) in [5.41, 5.74) is 3.62. The number of benzene rings is 2. The van der Waals surface area contributed by atoms with Gasteiger partial charge in [0.15, 0.2) is 17.9 Å². The maximum Gasteiger partial charge on any atom is 2.00 e. The van der Waals surface area contributed by atoms with Gasteiger partial charge in [0, 0.05) is 30.9 Å². The Kier molecular flexibility index (Phi) is 17.5. The fourth-order valence-corrected chi connectivity index (χ4v) is 2.97. The molecule has 0 saturated carbocycles. The molecule has 3 rings (SSSR count). The fourth-order valence-electron chi connectivity index (χ4n) is 2.97. The summed E-state index contributed by atoms with van der Waals surface area (Å²) in [5, 5.41) is 9.78. The van der Waals surface area contributed by atoms with Crippen LogP contribution in [0.25, 0.3) is 22.6 Å². The number of nitriles is 1. The second-order valence-electron chi connectivity index (χ2n) is 6.02. The Labute approximate surface area is 215 Å². The van der Waals surface area contributed by atoms with Gasteiger partial charge in [-0.1, -0.05) is 0 Å². The van der Waals surface area contributed by atoms with Crippen LogP contribution in [0.5, 0.6) is 0 Å². The molecule has 1 heterocycles. The van der Waals surface area contributed by atoms with E-state index in [0.717, 1.165) is 46.7 Å². The van der Waals surface area contributed by atoms with Gasteiger partial charge >= 0.3 is 19.5 Å². The van der Waals surface area contributed by atoms with Crippen LogP contribution in [0, 0.1) is 11.3 Å². The predicted octanol–water partition coefficient (Wildman–Crippen LogP) is -8.89. The van der Waals surface area contributed by atoms with E-state index in [9.17, 15) is 0 Å². The van der Waals surface area contributed by atoms with Crippen LogP contribution >= 0.6 is 0 Å². The van der Waals surface area contributed by atoms with Crippen LogP contribution in [0.4, 0.5) is 5.69 Å². The Balaban J connectivity index is -0.00000146. The van der Waals surface area contributed by atoms with Crippen LogP contribution in [-0.4, -0.2) is 31.7 Å². The van der Waals surface area contributed by atoms with Gasteiger partial charge in [0.1, 0.15) is 18.3 Å². The summed E-state index contributed by atoms with van der Waals surface area (Å²) in [5.74, 6) is 0.755. The molecule has 1 aliphatic heterocycles. The Bertz CT molecular complexity index is 987. The Hall–Kier alpha value is -1.09. The third-order valence-corrected chi connectivity index (χ3v) is 4.48. The molecule has 1 aromatic carbocycles. The van der Waals surface area contributed by atoms with Gasteiger partial charge in [-0.3, -0.25) is 0 Å². The zero-order valence-corrected chi connectivity index (χ0v) is 23.2. The minimum Gasteiger partial charge on any atom is -1.00 e. The number of hydrogen-bond donors (Lipinski definition) is 0. The molecule has 5 nitrogen and oxygen atoms in total. The van der Waals surface area contributed by atoms with Crippen molar-refractivity contribution in [2.75, 3.05) is 31.6 Å². The monoisotopic (exact) mass is 539 g/mol. The third kappa shape index (κ3) is 7.55. The second-order valence-corrected chi connectivity index (χ2v) is 6.02. The number of halogens is 4. The first-order valence-electron chi connectivity index (χ1n) is 8.67. The molecule has 160 valence electrons. The maximum atomic E-state index is 8.75. The van der Waals surface area contributed by atoms with E-state index in [4.69, 9.17) is 14.7 Å². The quantitative estimate of drug-likeness (QED) is 0.183. The molecular weight excluding hydrogens is 519 g/mol. The summed E-state index contributed by atoms with van der Waals surface area (Å²) < 4.78 is 8.19. The second kappa shape index (κ2) is 15.7. The van der Waals surface area contributed by atoms with Crippen LogP contribution in [0.15, 0.2) is 40.8 Å². The van der Waals surface area contributed by atoms with Crippen molar-refractivity contribution in [3.8, 4) is 17.5 Å². The first-order chi connectivity index (χ1) is 12.2. The zero-order valence-electron chi connectivity index (χ0n) is 17.2. The van der Waals surface area contributed by atoms with Crippen molar-refractivity contribution in [1.29, 1.82) is 5.26 Å². The number of rotatable bonds is 5. The standard InChI is InChI=1S/C20H23N4O.4ClH.Zn/c1-4-24(5-2)16-8-10-18-20(14-16)25-19-13-15(7-9-17(19)22-18)23(3)12-6-11-21;;;;;/h7-10,13-14H,4-6,12H2,1-3H3;4*1H;/q+1;;;;;+2/p-4. The number of fused-ring (bicyclic) bond motifs is 2. The van der Waals surface area contributed by atoms with Crippen LogP contribution in [0.3, 0.4) is 0 Å². The minimum absolute atomic E-state index is 0. The van der Waals surface area contributed by atoms with E-state index in [1.807, 2.05) is 31.3 Å². The third-order valence-electron chi connectivity index (χ3n) is 4.48. The summed E-state index contributed by atoms with van der Waals surface area (Å²) in [7, 11) is 1.98. The predicted molar refractivity (Wildman–Crippen MR) is 100 cm³/mol. The van der Waals surface area contributed by atoms with E-state index in [1.165, 1.54) is 0 Å². The SMILES string of the molecule is CCN(CC)c1ccc2nc3ccc(=[N+](C)CCC#N)cc-3oc2c1.[Cl-].[Cl-].[Cl-].[Cl-].[Zn+2]. The summed E-state index contributed by atoms with van der Waals surface area (Å²) >= 11 is 0. The molecule has 0 bridgehead atoms. The molecule has 0 N–H and O–H groups in total. The van der Waals surface area contributed by atoms with Gasteiger partial charge in [-0.15, -0.1) is 0 Å². The van der Waals surface area contributed by atoms with Crippen molar-refractivity contribution in [3.05, 3.63) is 41.8 Å². The van der Waals surface area contributed by atoms with E-state index in [1.54, 1.807) is 0 Å². The molecule has 1 aliphatic carbocycles. The largest absolute Gasteiger partial charge is 2.00 e. The molecular formula is C20H23Cl4N4OZn-. The molecule has 0 amide bonds. The first-order valence-corrected chi connectivity index (χ1v) is 8.67. The van der Waals surface area contributed by atoms with Gasteiger partial charge in [0.25, 0.3) is 0 Å². The molecule has 0 fully saturated rings. The topological polar surface area (TPSA) is 56.1 Å². The Morgan fingerprint density at radius 2 is 1.70 bits per heavy atom. The van der Waals surface area contributed by atoms with Gasteiger partial charge in [0.2, 0.25) is 5.36 Å². The summed E-state index contributed by atoms with van der Waals surface area (Å²) in [6, 6.07) is 14.3. The molecule has 0 saturated heterocycles. The molecule has 30 heavy (non-hydrogen) atoms. The van der Waals surface area contributed by atoms with Crippen molar-refractivity contribution in [1.82, 2.24) is 9.56 Å². The van der Waals surface area contributed by atoms with Crippen molar-refractivity contribution < 1.29 is 73.5 Å². The van der Waals surface area contributed by atoms with Gasteiger partial charge in [-0.05, 0) is 32.0 Å². The molecule has 10 heteroatoms. The van der Waals surface area contributed by atoms with Crippen molar-refractivity contribution in [2.45, 2.75) is 20.3 Å². The van der Waals surface area contributed by atoms with Crippen LogP contribution < -0.4 is 64.5 Å². The van der Waals surface area contributed by atoms with Crippen LogP contribution in [0.1, 0.15) is 20.3 Å². The maximum absolute atomic E-state index is 8.75. The van der Waals surface area contributed by atoms with E-state index >= 15 is 0 Å². The molecule has 0 unspecified atom stereocenters. The van der Waals surface area contributed by atoms with E-state index in [2.05, 4.69) is 41.5 Å². The van der Waals surface area contributed by atoms with Crippen molar-refractivity contribution in [3.63, 3.8) is 0 Å². The summed E-state index contributed by atoms with van der Waals surface area (Å²) in [4.78, 5) is 6.99. The molecule has 0 radical (unpaired) electrons. The summed E-state index contributed by atoms with van der Waals surface area (Å²) in [6.45, 7) is 6.89. The number of aromatic nitrogens is 1. The van der Waals surface area contributed by atoms with Crippen molar-refractivity contribution >= 4 is 16.8 Å². The van der Waals surface area contributed by atoms with Crippen LogP contribution in [0.2, 0.25) is 0 Å². The fraction of sp³-hybridized carbons (Fsp3) is 0.350. The normalized spacial score (nSPS) is 10.2. The number of anilines is 1. The molecule has 0 spiro atoms. The average molecular weight is 543 g/mol. The number of hydrogen-bond acceptors (Lipinski definition) is 4. The van der Waals surface area contributed by atoms with Gasteiger partial charge in [-0.25, -0.2) is 9.56 Å². The molecule has 0 atom stereocenters. The zero-order chi connectivity index (χ0) is 17.8. The van der Waals surface area contributed by atoms with Gasteiger partial charge in [0.05, 0.1) is 18.6 Å². The minimum atomic E-state index is 0. The van der Waals surface area contributed by atoms with E-state index in [-0.39, 0.29) is 69.1 Å². The average Bonchev–Trinajstić information content (AvgIpc) is 2.64. The Morgan fingerprint density at radius 3 is 2.30 bits per heavy atom. The smallest absolute Gasteiger partial charge is 1.00 e. The number of nitrogens with zero attached hydrogens (tertiary/aromatic N) is 4. The molecule has 1 aromatic rings.